The molecule has 1 aliphatic heterocycles. The lowest BCUT2D eigenvalue weighted by atomic mass is 9.77. The minimum Gasteiger partial charge on any atom is -0.495 e. The molecule has 0 unspecified atom stereocenters. The van der Waals surface area contributed by atoms with Crippen molar-refractivity contribution in [1.29, 1.82) is 5.26 Å². The molecule has 1 heterocycles. The van der Waals surface area contributed by atoms with Crippen molar-refractivity contribution in [2.45, 2.75) is 25.2 Å². The van der Waals surface area contributed by atoms with Gasteiger partial charge >= 0.3 is 0 Å². The van der Waals surface area contributed by atoms with Gasteiger partial charge in [-0.2, -0.15) is 5.26 Å². The van der Waals surface area contributed by atoms with Crippen molar-refractivity contribution in [1.82, 2.24) is 5.32 Å². The lowest BCUT2D eigenvalue weighted by molar-refractivity contribution is -0.116. The lowest BCUT2D eigenvalue weighted by Crippen LogP contribution is -2.31. The van der Waals surface area contributed by atoms with Crippen molar-refractivity contribution in [3.63, 3.8) is 0 Å². The van der Waals surface area contributed by atoms with Gasteiger partial charge in [0.1, 0.15) is 11.6 Å². The number of methoxy groups -OCH3 is 1. The van der Waals surface area contributed by atoms with Gasteiger partial charge in [0, 0.05) is 17.7 Å². The Morgan fingerprint density at radius 3 is 2.73 bits per heavy atom. The molecule has 0 spiro atoms. The highest BCUT2D eigenvalue weighted by Gasteiger charge is 2.37. The largest absolute Gasteiger partial charge is 0.495 e. The average Bonchev–Trinajstić information content (AvgIpc) is 2.83. The van der Waals surface area contributed by atoms with Gasteiger partial charge in [-0.15, -0.1) is 0 Å². The second-order valence-electron chi connectivity index (χ2n) is 7.67. The van der Waals surface area contributed by atoms with E-state index in [4.69, 9.17) is 4.74 Å². The summed E-state index contributed by atoms with van der Waals surface area (Å²) in [5.74, 6) is -0.632. The van der Waals surface area contributed by atoms with E-state index < -0.39 is 5.92 Å². The van der Waals surface area contributed by atoms with Crippen LogP contribution in [0.15, 0.2) is 70.4 Å². The van der Waals surface area contributed by atoms with E-state index in [1.54, 1.807) is 30.3 Å². The van der Waals surface area contributed by atoms with Gasteiger partial charge in [0.25, 0.3) is 0 Å². The van der Waals surface area contributed by atoms with E-state index in [9.17, 15) is 19.2 Å². The molecular formula is C25H22FN3O3S. The Bertz CT molecular complexity index is 1200. The predicted octanol–water partition coefficient (Wildman–Crippen LogP) is 4.64. The number of nitrogens with one attached hydrogen (secondary N) is 2. The number of nitrogens with zero attached hydrogens (tertiary/aromatic N) is 1. The van der Waals surface area contributed by atoms with E-state index in [-0.39, 0.29) is 23.3 Å². The molecule has 0 saturated heterocycles. The first-order valence-electron chi connectivity index (χ1n) is 10.5. The first-order chi connectivity index (χ1) is 16.0. The number of halogens is 1. The number of nitriles is 1. The van der Waals surface area contributed by atoms with E-state index >= 15 is 0 Å². The number of amides is 1. The summed E-state index contributed by atoms with van der Waals surface area (Å²) in [6, 6.07) is 15.2. The third-order valence-corrected chi connectivity index (χ3v) is 6.61. The molecular weight excluding hydrogens is 441 g/mol. The summed E-state index contributed by atoms with van der Waals surface area (Å²) in [6.45, 7) is 0. The van der Waals surface area contributed by atoms with Crippen LogP contribution in [0.5, 0.6) is 5.75 Å². The molecule has 2 N–H and O–H groups in total. The van der Waals surface area contributed by atoms with Crippen LogP contribution in [0, 0.1) is 17.1 Å². The molecule has 2 aromatic rings. The fraction of sp³-hybridized carbons (Fsp3) is 0.240. The van der Waals surface area contributed by atoms with Crippen molar-refractivity contribution in [3.8, 4) is 11.8 Å². The molecule has 0 bridgehead atoms. The topological polar surface area (TPSA) is 91.2 Å². The molecule has 0 aromatic heterocycles. The number of allylic oxidation sites excluding steroid dienone is 3. The van der Waals surface area contributed by atoms with E-state index in [1.165, 1.54) is 31.0 Å². The zero-order chi connectivity index (χ0) is 23.4. The third-order valence-electron chi connectivity index (χ3n) is 5.59. The second-order valence-corrected chi connectivity index (χ2v) is 8.66. The molecule has 0 radical (unpaired) electrons. The normalized spacial score (nSPS) is 17.7. The first-order valence-corrected chi connectivity index (χ1v) is 11.5. The molecule has 1 amide bonds. The summed E-state index contributed by atoms with van der Waals surface area (Å²) in [7, 11) is 1.53. The van der Waals surface area contributed by atoms with Crippen molar-refractivity contribution in [3.05, 3.63) is 81.8 Å². The minimum absolute atomic E-state index is 0.0104. The molecule has 1 aliphatic carbocycles. The molecule has 6 nitrogen and oxygen atoms in total. The number of hydrogen-bond donors (Lipinski definition) is 2. The molecule has 2 aromatic carbocycles. The highest BCUT2D eigenvalue weighted by Crippen LogP contribution is 2.44. The Kier molecular flexibility index (Phi) is 6.80. The van der Waals surface area contributed by atoms with Gasteiger partial charge in [0.2, 0.25) is 5.91 Å². The van der Waals surface area contributed by atoms with Crippen LogP contribution < -0.4 is 15.4 Å². The fourth-order valence-corrected chi connectivity index (χ4v) is 4.96. The van der Waals surface area contributed by atoms with E-state index in [1.807, 2.05) is 6.07 Å². The molecule has 0 fully saturated rings. The maximum atomic E-state index is 13.5. The van der Waals surface area contributed by atoms with Crippen LogP contribution in [-0.2, 0) is 9.59 Å². The third kappa shape index (κ3) is 4.78. The van der Waals surface area contributed by atoms with Gasteiger partial charge in [-0.05, 0) is 42.7 Å². The summed E-state index contributed by atoms with van der Waals surface area (Å²) in [5, 5.41) is 16.6. The van der Waals surface area contributed by atoms with Crippen LogP contribution in [0.1, 0.15) is 30.7 Å². The van der Waals surface area contributed by atoms with E-state index in [0.29, 0.717) is 46.0 Å². The zero-order valence-electron chi connectivity index (χ0n) is 18.0. The smallest absolute Gasteiger partial charge is 0.234 e. The molecule has 168 valence electrons. The maximum absolute atomic E-state index is 13.5. The monoisotopic (exact) mass is 463 g/mol. The van der Waals surface area contributed by atoms with Crippen LogP contribution >= 0.6 is 11.8 Å². The first kappa shape index (κ1) is 22.6. The van der Waals surface area contributed by atoms with Gasteiger partial charge in [-0.1, -0.05) is 36.0 Å². The Morgan fingerprint density at radius 1 is 1.24 bits per heavy atom. The van der Waals surface area contributed by atoms with Crippen molar-refractivity contribution in [2.75, 3.05) is 18.2 Å². The van der Waals surface area contributed by atoms with Crippen LogP contribution in [0.3, 0.4) is 0 Å². The van der Waals surface area contributed by atoms with E-state index in [0.717, 1.165) is 12.1 Å². The Morgan fingerprint density at radius 2 is 2.00 bits per heavy atom. The molecule has 2 aliphatic rings. The number of Topliss-reactive ketones (excluding diaryl/α,β-unsaturated/α-hetero) is 1. The van der Waals surface area contributed by atoms with Gasteiger partial charge in [-0.3, -0.25) is 9.59 Å². The Labute approximate surface area is 195 Å². The number of dihydropyridines is 1. The van der Waals surface area contributed by atoms with Gasteiger partial charge in [-0.25, -0.2) is 4.39 Å². The maximum Gasteiger partial charge on any atom is 0.234 e. The summed E-state index contributed by atoms with van der Waals surface area (Å²) >= 11 is 1.20. The van der Waals surface area contributed by atoms with Gasteiger partial charge in [0.05, 0.1) is 41.1 Å². The Balaban J connectivity index is 1.61. The zero-order valence-corrected chi connectivity index (χ0v) is 18.8. The minimum atomic E-state index is -0.584. The molecule has 1 atom stereocenters. The average molecular weight is 464 g/mol. The molecule has 8 heteroatoms. The molecule has 0 saturated carbocycles. The summed E-state index contributed by atoms with van der Waals surface area (Å²) in [6.07, 6.45) is 1.81. The van der Waals surface area contributed by atoms with Crippen molar-refractivity contribution < 1.29 is 18.7 Å². The number of carbonyl (C=O) groups excluding carboxylic acids is 2. The fourth-order valence-electron chi connectivity index (χ4n) is 4.10. The quantitative estimate of drug-likeness (QED) is 0.649. The number of anilines is 1. The van der Waals surface area contributed by atoms with Crippen LogP contribution in [0.25, 0.3) is 0 Å². The van der Waals surface area contributed by atoms with Gasteiger partial charge < -0.3 is 15.4 Å². The van der Waals surface area contributed by atoms with Crippen molar-refractivity contribution in [2.24, 2.45) is 0 Å². The number of rotatable bonds is 6. The van der Waals surface area contributed by atoms with Crippen LogP contribution in [-0.4, -0.2) is 24.6 Å². The number of para-hydroxylation sites is 2. The highest BCUT2D eigenvalue weighted by atomic mass is 32.2. The Hall–Kier alpha value is -3.57. The van der Waals surface area contributed by atoms with Crippen molar-refractivity contribution >= 4 is 29.1 Å². The number of carbonyl (C=O) groups is 2. The SMILES string of the molecule is COc1ccccc1NC(=O)CSC1=C(C#N)[C@@H](c2ccc(F)cc2)C2=C(CCCC2=O)N1. The molecule has 33 heavy (non-hydrogen) atoms. The summed E-state index contributed by atoms with van der Waals surface area (Å²) in [4.78, 5) is 25.4. The molecule has 4 rings (SSSR count). The van der Waals surface area contributed by atoms with Crippen LogP contribution in [0.2, 0.25) is 0 Å². The second kappa shape index (κ2) is 9.92. The van der Waals surface area contributed by atoms with Gasteiger partial charge in [0.15, 0.2) is 5.78 Å². The number of benzene rings is 2. The lowest BCUT2D eigenvalue weighted by Gasteiger charge is -2.33. The summed E-state index contributed by atoms with van der Waals surface area (Å²) in [5.41, 5.74) is 2.92. The number of ketones is 1. The van der Waals surface area contributed by atoms with Crippen LogP contribution in [0.4, 0.5) is 10.1 Å². The summed E-state index contributed by atoms with van der Waals surface area (Å²) < 4.78 is 18.8. The number of ether oxygens (including phenoxy) is 1. The highest BCUT2D eigenvalue weighted by molar-refractivity contribution is 8.03. The number of hydrogen-bond acceptors (Lipinski definition) is 6. The number of thioether (sulfide) groups is 1. The predicted molar refractivity (Wildman–Crippen MR) is 125 cm³/mol. The van der Waals surface area contributed by atoms with E-state index in [2.05, 4.69) is 16.7 Å². The standard InChI is InChI=1S/C25H22FN3O3S/c1-32-21-8-3-2-5-18(21)28-22(31)14-33-25-17(13-27)23(15-9-11-16(26)12-10-15)24-19(29-25)6-4-7-20(24)30/h2-3,5,8-12,23,29H,4,6-7,14H2,1H3,(H,28,31)/t23-/m1/s1.